The topological polar surface area (TPSA) is 73.1 Å². The van der Waals surface area contributed by atoms with Gasteiger partial charge in [0.25, 0.3) is 0 Å². The molecule has 19 heavy (non-hydrogen) atoms. The second-order valence-electron chi connectivity index (χ2n) is 4.44. The van der Waals surface area contributed by atoms with Crippen molar-refractivity contribution in [2.24, 2.45) is 5.73 Å². The van der Waals surface area contributed by atoms with Crippen molar-refractivity contribution in [2.45, 2.75) is 26.5 Å². The second-order valence-corrected chi connectivity index (χ2v) is 4.44. The predicted octanol–water partition coefficient (Wildman–Crippen LogP) is 2.47. The van der Waals surface area contributed by atoms with E-state index in [9.17, 15) is 0 Å². The summed E-state index contributed by atoms with van der Waals surface area (Å²) >= 11 is 0. The lowest BCUT2D eigenvalue weighted by molar-refractivity contribution is 0.232. The first-order chi connectivity index (χ1) is 9.17. The quantitative estimate of drug-likeness (QED) is 0.861. The molecule has 1 aromatic heterocycles. The number of nitrogens with zero attached hydrogens (tertiary/aromatic N) is 2. The monoisotopic (exact) mass is 258 g/mol. The third-order valence-electron chi connectivity index (χ3n) is 2.43. The van der Waals surface area contributed by atoms with Crippen LogP contribution in [0, 0.1) is 0 Å². The summed E-state index contributed by atoms with van der Waals surface area (Å²) in [5.41, 5.74) is 7.59. The molecule has 2 rings (SSSR count). The Hall–Kier alpha value is -2.14. The highest BCUT2D eigenvalue weighted by Crippen LogP contribution is 2.17. The van der Waals surface area contributed by atoms with Gasteiger partial charge in [-0.3, -0.25) is 4.98 Å². The Morgan fingerprint density at radius 2 is 1.95 bits per heavy atom. The molecule has 5 nitrogen and oxygen atoms in total. The first-order valence-corrected chi connectivity index (χ1v) is 6.22. The van der Waals surface area contributed by atoms with Gasteiger partial charge in [0.2, 0.25) is 5.88 Å². The Morgan fingerprint density at radius 3 is 2.58 bits per heavy atom. The van der Waals surface area contributed by atoms with E-state index in [1.54, 1.807) is 12.4 Å². The first-order valence-electron chi connectivity index (χ1n) is 6.22. The number of nitrogens with two attached hydrogens (primary N) is 1. The highest BCUT2D eigenvalue weighted by molar-refractivity contribution is 5.55. The molecule has 1 aromatic carbocycles. The van der Waals surface area contributed by atoms with Crippen LogP contribution in [0.5, 0.6) is 5.88 Å². The maximum Gasteiger partial charge on any atom is 0.234 e. The van der Waals surface area contributed by atoms with Gasteiger partial charge >= 0.3 is 0 Å². The summed E-state index contributed by atoms with van der Waals surface area (Å²) in [6, 6.07) is 7.87. The minimum absolute atomic E-state index is 0.0772. The molecule has 0 saturated carbocycles. The molecule has 0 aliphatic carbocycles. The van der Waals surface area contributed by atoms with Crippen molar-refractivity contribution in [2.75, 3.05) is 5.32 Å². The van der Waals surface area contributed by atoms with E-state index in [1.165, 1.54) is 0 Å². The van der Waals surface area contributed by atoms with Gasteiger partial charge in [-0.1, -0.05) is 12.1 Å². The summed E-state index contributed by atoms with van der Waals surface area (Å²) in [5.74, 6) is 1.16. The maximum absolute atomic E-state index is 5.56. The van der Waals surface area contributed by atoms with Crippen LogP contribution >= 0.6 is 0 Å². The summed E-state index contributed by atoms with van der Waals surface area (Å²) in [7, 11) is 0. The molecule has 0 radical (unpaired) electrons. The molecule has 100 valence electrons. The highest BCUT2D eigenvalue weighted by atomic mass is 16.5. The van der Waals surface area contributed by atoms with Crippen molar-refractivity contribution < 1.29 is 4.74 Å². The molecule has 5 heteroatoms. The summed E-state index contributed by atoms with van der Waals surface area (Å²) in [4.78, 5) is 8.43. The van der Waals surface area contributed by atoms with Crippen LogP contribution < -0.4 is 15.8 Å². The molecule has 0 spiro atoms. The molecule has 0 aliphatic rings. The molecule has 0 aliphatic heterocycles. The van der Waals surface area contributed by atoms with Crippen LogP contribution in [0.4, 0.5) is 11.5 Å². The van der Waals surface area contributed by atoms with Crippen molar-refractivity contribution in [1.29, 1.82) is 0 Å². The largest absolute Gasteiger partial charge is 0.474 e. The maximum atomic E-state index is 5.56. The van der Waals surface area contributed by atoms with Crippen LogP contribution in [-0.4, -0.2) is 16.1 Å². The minimum Gasteiger partial charge on any atom is -0.474 e. The molecule has 0 unspecified atom stereocenters. The fourth-order valence-electron chi connectivity index (χ4n) is 1.58. The Labute approximate surface area is 112 Å². The van der Waals surface area contributed by atoms with Crippen molar-refractivity contribution >= 4 is 11.5 Å². The van der Waals surface area contributed by atoms with Crippen molar-refractivity contribution in [1.82, 2.24) is 9.97 Å². The van der Waals surface area contributed by atoms with Crippen LogP contribution in [0.3, 0.4) is 0 Å². The van der Waals surface area contributed by atoms with Gasteiger partial charge in [-0.05, 0) is 31.5 Å². The van der Waals surface area contributed by atoms with Gasteiger partial charge in [-0.25, -0.2) is 0 Å². The number of hydrogen-bond acceptors (Lipinski definition) is 5. The van der Waals surface area contributed by atoms with Gasteiger partial charge in [0.15, 0.2) is 5.82 Å². The lowest BCUT2D eigenvalue weighted by atomic mass is 10.2. The van der Waals surface area contributed by atoms with Crippen LogP contribution in [-0.2, 0) is 6.54 Å². The zero-order valence-corrected chi connectivity index (χ0v) is 11.1. The Bertz CT molecular complexity index is 525. The van der Waals surface area contributed by atoms with E-state index in [1.807, 2.05) is 38.1 Å². The first kappa shape index (κ1) is 13.3. The van der Waals surface area contributed by atoms with E-state index in [0.717, 1.165) is 11.3 Å². The van der Waals surface area contributed by atoms with Gasteiger partial charge in [0.05, 0.1) is 18.5 Å². The number of nitrogens with one attached hydrogen (secondary N) is 1. The zero-order valence-electron chi connectivity index (χ0n) is 11.1. The van der Waals surface area contributed by atoms with E-state index in [2.05, 4.69) is 15.3 Å². The van der Waals surface area contributed by atoms with Crippen LogP contribution in [0.15, 0.2) is 36.7 Å². The molecule has 1 heterocycles. The number of anilines is 2. The van der Waals surface area contributed by atoms with Gasteiger partial charge < -0.3 is 15.8 Å². The Morgan fingerprint density at radius 1 is 1.21 bits per heavy atom. The average Bonchev–Trinajstić information content (AvgIpc) is 2.39. The van der Waals surface area contributed by atoms with Crippen molar-refractivity contribution in [3.63, 3.8) is 0 Å². The molecule has 0 bridgehead atoms. The molecule has 3 N–H and O–H groups in total. The standard InChI is InChI=1S/C14H18N4O/c1-10(2)19-14-9-16-8-13(18-14)17-12-5-3-11(7-15)4-6-12/h3-6,8-10H,7,15H2,1-2H3,(H,17,18). The number of benzene rings is 1. The predicted molar refractivity (Wildman–Crippen MR) is 75.4 cm³/mol. The zero-order chi connectivity index (χ0) is 13.7. The van der Waals surface area contributed by atoms with E-state index in [-0.39, 0.29) is 6.10 Å². The third kappa shape index (κ3) is 3.93. The Balaban J connectivity index is 2.09. The van der Waals surface area contributed by atoms with Crippen molar-refractivity contribution in [3.05, 3.63) is 42.2 Å². The van der Waals surface area contributed by atoms with Gasteiger partial charge in [0, 0.05) is 12.2 Å². The molecule has 0 fully saturated rings. The SMILES string of the molecule is CC(C)Oc1cncc(Nc2ccc(CN)cc2)n1. The molecule has 0 amide bonds. The number of rotatable bonds is 5. The van der Waals surface area contributed by atoms with Crippen LogP contribution in [0.1, 0.15) is 19.4 Å². The van der Waals surface area contributed by atoms with E-state index >= 15 is 0 Å². The number of ether oxygens (including phenoxy) is 1. The lowest BCUT2D eigenvalue weighted by Gasteiger charge is -2.10. The second kappa shape index (κ2) is 6.15. The van der Waals surface area contributed by atoms with Gasteiger partial charge in [0.1, 0.15) is 0 Å². The Kier molecular flexibility index (Phi) is 4.30. The van der Waals surface area contributed by atoms with E-state index in [0.29, 0.717) is 18.2 Å². The molecule has 2 aromatic rings. The summed E-state index contributed by atoms with van der Waals surface area (Å²) in [6.45, 7) is 4.44. The summed E-state index contributed by atoms with van der Waals surface area (Å²) in [6.07, 6.45) is 3.33. The van der Waals surface area contributed by atoms with Crippen molar-refractivity contribution in [3.8, 4) is 5.88 Å². The normalized spacial score (nSPS) is 10.5. The van der Waals surface area contributed by atoms with E-state index < -0.39 is 0 Å². The fourth-order valence-corrected chi connectivity index (χ4v) is 1.58. The number of aromatic nitrogens is 2. The fraction of sp³-hybridized carbons (Fsp3) is 0.286. The van der Waals surface area contributed by atoms with Gasteiger partial charge in [-0.2, -0.15) is 4.98 Å². The number of hydrogen-bond donors (Lipinski definition) is 2. The van der Waals surface area contributed by atoms with Crippen LogP contribution in [0.2, 0.25) is 0 Å². The minimum atomic E-state index is 0.0772. The molecular weight excluding hydrogens is 240 g/mol. The molecular formula is C14H18N4O. The molecule has 0 saturated heterocycles. The van der Waals surface area contributed by atoms with Gasteiger partial charge in [-0.15, -0.1) is 0 Å². The summed E-state index contributed by atoms with van der Waals surface area (Å²) < 4.78 is 5.50. The summed E-state index contributed by atoms with van der Waals surface area (Å²) in [5, 5.41) is 3.17. The average molecular weight is 258 g/mol. The van der Waals surface area contributed by atoms with E-state index in [4.69, 9.17) is 10.5 Å². The smallest absolute Gasteiger partial charge is 0.234 e. The highest BCUT2D eigenvalue weighted by Gasteiger charge is 2.02. The van der Waals surface area contributed by atoms with Crippen LogP contribution in [0.25, 0.3) is 0 Å². The molecule has 0 atom stereocenters. The lowest BCUT2D eigenvalue weighted by Crippen LogP contribution is -2.08. The third-order valence-corrected chi connectivity index (χ3v) is 2.43.